The van der Waals surface area contributed by atoms with Crippen molar-refractivity contribution in [3.63, 3.8) is 0 Å². The van der Waals surface area contributed by atoms with Crippen molar-refractivity contribution in [3.8, 4) is 0 Å². The molecule has 2 aliphatic rings. The van der Waals surface area contributed by atoms with Crippen molar-refractivity contribution < 1.29 is 9.52 Å². The zero-order valence-corrected chi connectivity index (χ0v) is 16.3. The lowest BCUT2D eigenvalue weighted by Crippen LogP contribution is -2.48. The van der Waals surface area contributed by atoms with E-state index in [0.29, 0.717) is 0 Å². The first-order chi connectivity index (χ1) is 12.4. The van der Waals surface area contributed by atoms with Crippen LogP contribution in [0.2, 0.25) is 0 Å². The van der Waals surface area contributed by atoms with Gasteiger partial charge in [-0.15, -0.1) is 0 Å². The van der Waals surface area contributed by atoms with Gasteiger partial charge in [0, 0.05) is 5.41 Å². The van der Waals surface area contributed by atoms with Gasteiger partial charge in [-0.2, -0.15) is 0 Å². The summed E-state index contributed by atoms with van der Waals surface area (Å²) in [6.07, 6.45) is 1.65. The molecule has 2 heterocycles. The lowest BCUT2D eigenvalue weighted by atomic mass is 9.72. The summed E-state index contributed by atoms with van der Waals surface area (Å²) in [6.45, 7) is 6.96. The molecule has 0 unspecified atom stereocenters. The van der Waals surface area contributed by atoms with E-state index in [0.717, 1.165) is 44.0 Å². The molecule has 0 amide bonds. The second-order valence-electron chi connectivity index (χ2n) is 8.32. The highest BCUT2D eigenvalue weighted by molar-refractivity contribution is 5.45. The lowest BCUT2D eigenvalue weighted by molar-refractivity contribution is -0.00474. The first-order valence-corrected chi connectivity index (χ1v) is 9.64. The van der Waals surface area contributed by atoms with Gasteiger partial charge in [-0.25, -0.2) is 0 Å². The summed E-state index contributed by atoms with van der Waals surface area (Å²) in [7, 11) is 4.14. The van der Waals surface area contributed by atoms with Crippen molar-refractivity contribution in [1.82, 2.24) is 9.80 Å². The standard InChI is InChI=1S/C22H30N2O2/c1-15-13-17(26-16(15)2)14-24-11-9-22(10-12-24)19-8-6-5-7-18(19)20(21(22)25)23(3)4/h5-8,13,20-21,25H,9-12,14H2,1-4H3/t20-,21+/m0/s1. The van der Waals surface area contributed by atoms with Crippen LogP contribution in [0.5, 0.6) is 0 Å². The fraction of sp³-hybridized carbons (Fsp3) is 0.545. The molecule has 140 valence electrons. The van der Waals surface area contributed by atoms with Crippen LogP contribution in [0.1, 0.15) is 47.1 Å². The maximum Gasteiger partial charge on any atom is 0.118 e. The average molecular weight is 354 g/mol. The molecule has 0 saturated carbocycles. The second kappa shape index (κ2) is 6.52. The van der Waals surface area contributed by atoms with E-state index in [9.17, 15) is 5.11 Å². The quantitative estimate of drug-likeness (QED) is 0.917. The van der Waals surface area contributed by atoms with Gasteiger partial charge in [-0.05, 0) is 76.6 Å². The van der Waals surface area contributed by atoms with Gasteiger partial charge in [0.1, 0.15) is 11.5 Å². The number of furan rings is 1. The lowest BCUT2D eigenvalue weighted by Gasteiger charge is -2.43. The fourth-order valence-corrected chi connectivity index (χ4v) is 5.02. The number of nitrogens with zero attached hydrogens (tertiary/aromatic N) is 2. The minimum atomic E-state index is -0.342. The van der Waals surface area contributed by atoms with Crippen molar-refractivity contribution in [3.05, 3.63) is 58.5 Å². The monoisotopic (exact) mass is 354 g/mol. The zero-order valence-electron chi connectivity index (χ0n) is 16.3. The summed E-state index contributed by atoms with van der Waals surface area (Å²) in [5.41, 5.74) is 3.77. The predicted octanol–water partition coefficient (Wildman–Crippen LogP) is 3.41. The summed E-state index contributed by atoms with van der Waals surface area (Å²) in [5, 5.41) is 11.3. The molecular weight excluding hydrogens is 324 g/mol. The van der Waals surface area contributed by atoms with Crippen molar-refractivity contribution >= 4 is 0 Å². The zero-order chi connectivity index (χ0) is 18.5. The van der Waals surface area contributed by atoms with E-state index in [4.69, 9.17) is 4.42 Å². The first-order valence-electron chi connectivity index (χ1n) is 9.64. The minimum absolute atomic E-state index is 0.0909. The number of piperidine rings is 1. The van der Waals surface area contributed by atoms with E-state index in [1.807, 2.05) is 6.92 Å². The molecule has 1 aromatic heterocycles. The van der Waals surface area contributed by atoms with Crippen LogP contribution < -0.4 is 0 Å². The van der Waals surface area contributed by atoms with Gasteiger partial charge in [0.25, 0.3) is 0 Å². The van der Waals surface area contributed by atoms with Crippen molar-refractivity contribution in [2.75, 3.05) is 27.2 Å². The molecule has 1 aliphatic carbocycles. The molecule has 0 radical (unpaired) electrons. The van der Waals surface area contributed by atoms with E-state index in [2.05, 4.69) is 61.2 Å². The maximum atomic E-state index is 11.3. The number of rotatable bonds is 3. The van der Waals surface area contributed by atoms with Gasteiger partial charge in [-0.3, -0.25) is 4.90 Å². The molecule has 2 aromatic rings. The van der Waals surface area contributed by atoms with Crippen LogP contribution >= 0.6 is 0 Å². The molecule has 4 nitrogen and oxygen atoms in total. The normalized spacial score (nSPS) is 25.2. The van der Waals surface area contributed by atoms with Gasteiger partial charge in [0.2, 0.25) is 0 Å². The number of hydrogen-bond donors (Lipinski definition) is 1. The third-order valence-corrected chi connectivity index (χ3v) is 6.58. The van der Waals surface area contributed by atoms with Gasteiger partial charge in [-0.1, -0.05) is 24.3 Å². The Morgan fingerprint density at radius 1 is 1.19 bits per heavy atom. The summed E-state index contributed by atoms with van der Waals surface area (Å²) >= 11 is 0. The van der Waals surface area contributed by atoms with E-state index < -0.39 is 0 Å². The Morgan fingerprint density at radius 2 is 1.88 bits per heavy atom. The molecule has 2 atom stereocenters. The molecule has 1 aromatic carbocycles. The Hall–Kier alpha value is -1.62. The Morgan fingerprint density at radius 3 is 2.50 bits per heavy atom. The maximum absolute atomic E-state index is 11.3. The molecule has 4 heteroatoms. The smallest absolute Gasteiger partial charge is 0.118 e. The van der Waals surface area contributed by atoms with Gasteiger partial charge in [0.05, 0.1) is 18.7 Å². The molecular formula is C22H30N2O2. The highest BCUT2D eigenvalue weighted by Gasteiger charge is 2.53. The summed E-state index contributed by atoms with van der Waals surface area (Å²) < 4.78 is 5.86. The van der Waals surface area contributed by atoms with Crippen LogP contribution in [0.25, 0.3) is 0 Å². The third-order valence-electron chi connectivity index (χ3n) is 6.58. The van der Waals surface area contributed by atoms with E-state index in [1.54, 1.807) is 0 Å². The Balaban J connectivity index is 1.54. The van der Waals surface area contributed by atoms with Crippen LogP contribution in [0.15, 0.2) is 34.7 Å². The van der Waals surface area contributed by atoms with Crippen LogP contribution in [0.4, 0.5) is 0 Å². The molecule has 1 fully saturated rings. The predicted molar refractivity (Wildman–Crippen MR) is 103 cm³/mol. The van der Waals surface area contributed by atoms with E-state index >= 15 is 0 Å². The highest BCUT2D eigenvalue weighted by Crippen LogP contribution is 2.52. The Kier molecular flexibility index (Phi) is 4.46. The number of aryl methyl sites for hydroxylation is 2. The molecule has 0 bridgehead atoms. The summed E-state index contributed by atoms with van der Waals surface area (Å²) in [6, 6.07) is 10.9. The fourth-order valence-electron chi connectivity index (χ4n) is 5.02. The summed E-state index contributed by atoms with van der Waals surface area (Å²) in [4.78, 5) is 4.63. The van der Waals surface area contributed by atoms with Crippen LogP contribution in [-0.4, -0.2) is 48.2 Å². The highest BCUT2D eigenvalue weighted by atomic mass is 16.3. The Bertz CT molecular complexity index is 768. The van der Waals surface area contributed by atoms with Crippen LogP contribution in [0.3, 0.4) is 0 Å². The van der Waals surface area contributed by atoms with E-state index in [-0.39, 0.29) is 17.6 Å². The van der Waals surface area contributed by atoms with E-state index in [1.165, 1.54) is 16.7 Å². The molecule has 26 heavy (non-hydrogen) atoms. The number of hydrogen-bond acceptors (Lipinski definition) is 4. The van der Waals surface area contributed by atoms with Gasteiger partial charge >= 0.3 is 0 Å². The van der Waals surface area contributed by atoms with Gasteiger partial charge in [0.15, 0.2) is 0 Å². The number of likely N-dealkylation sites (N-methyl/N-ethyl adjacent to an activating group) is 1. The average Bonchev–Trinajstić information content (AvgIpc) is 3.05. The number of aliphatic hydroxyl groups is 1. The van der Waals surface area contributed by atoms with Crippen LogP contribution in [0, 0.1) is 13.8 Å². The van der Waals surface area contributed by atoms with Crippen molar-refractivity contribution in [2.24, 2.45) is 0 Å². The summed E-state index contributed by atoms with van der Waals surface area (Å²) in [5.74, 6) is 2.07. The number of likely N-dealkylation sites (tertiary alicyclic amines) is 1. The first kappa shape index (κ1) is 17.8. The molecule has 1 spiro atoms. The molecule has 1 aliphatic heterocycles. The van der Waals surface area contributed by atoms with Gasteiger partial charge < -0.3 is 14.4 Å². The topological polar surface area (TPSA) is 39.9 Å². The van der Waals surface area contributed by atoms with Crippen molar-refractivity contribution in [1.29, 1.82) is 0 Å². The largest absolute Gasteiger partial charge is 0.465 e. The minimum Gasteiger partial charge on any atom is -0.465 e. The number of aliphatic hydroxyl groups excluding tert-OH is 1. The second-order valence-corrected chi connectivity index (χ2v) is 8.32. The third kappa shape index (κ3) is 2.72. The number of fused-ring (bicyclic) bond motifs is 2. The molecule has 1 saturated heterocycles. The Labute approximate surface area is 156 Å². The van der Waals surface area contributed by atoms with Crippen LogP contribution in [-0.2, 0) is 12.0 Å². The number of benzene rings is 1. The molecule has 1 N–H and O–H groups in total. The molecule has 4 rings (SSSR count). The SMILES string of the molecule is Cc1cc(CN2CCC3(CC2)c2ccccc2[C@H](N(C)C)[C@H]3O)oc1C. The van der Waals surface area contributed by atoms with Crippen molar-refractivity contribution in [2.45, 2.75) is 50.8 Å².